The summed E-state index contributed by atoms with van der Waals surface area (Å²) in [5.41, 5.74) is 6.05. The van der Waals surface area contributed by atoms with Gasteiger partial charge in [-0.1, -0.05) is 23.8 Å². The summed E-state index contributed by atoms with van der Waals surface area (Å²) in [6, 6.07) is 5.01. The number of benzene rings is 1. The van der Waals surface area contributed by atoms with Gasteiger partial charge in [0.1, 0.15) is 17.3 Å². The van der Waals surface area contributed by atoms with Crippen molar-refractivity contribution in [2.45, 2.75) is 0 Å². The Labute approximate surface area is 92.4 Å². The van der Waals surface area contributed by atoms with Gasteiger partial charge in [-0.15, -0.1) is 0 Å². The normalized spacial score (nSPS) is 9.86. The Morgan fingerprint density at radius 1 is 1.57 bits per heavy atom. The van der Waals surface area contributed by atoms with Crippen LogP contribution < -0.4 is 10.5 Å². The third-order valence-electron chi connectivity index (χ3n) is 1.57. The van der Waals surface area contributed by atoms with E-state index in [-0.39, 0.29) is 18.2 Å². The molecule has 0 heterocycles. The molecule has 0 radical (unpaired) electrons. The van der Waals surface area contributed by atoms with Crippen molar-refractivity contribution in [1.29, 1.82) is 0 Å². The monoisotopic (exact) mass is 231 g/mol. The summed E-state index contributed by atoms with van der Waals surface area (Å²) in [4.78, 5) is 0.253. The van der Waals surface area contributed by atoms with E-state index in [2.05, 4.69) is 0 Å². The molecule has 0 saturated carbocycles. The second kappa shape index (κ2) is 5.14. The maximum atomic E-state index is 8.54. The number of halogens is 1. The molecule has 0 aromatic heterocycles. The van der Waals surface area contributed by atoms with Gasteiger partial charge in [0.2, 0.25) is 0 Å². The molecule has 0 saturated heterocycles. The molecule has 1 rings (SSSR count). The van der Waals surface area contributed by atoms with E-state index < -0.39 is 0 Å². The number of ether oxygens (including phenoxy) is 1. The van der Waals surface area contributed by atoms with Crippen LogP contribution >= 0.6 is 23.8 Å². The highest BCUT2D eigenvalue weighted by atomic mass is 35.5. The largest absolute Gasteiger partial charge is 0.491 e. The molecule has 0 spiro atoms. The third kappa shape index (κ3) is 2.83. The van der Waals surface area contributed by atoms with Crippen LogP contribution in [0.5, 0.6) is 5.75 Å². The molecule has 0 unspecified atom stereocenters. The van der Waals surface area contributed by atoms with E-state index in [1.54, 1.807) is 18.2 Å². The lowest BCUT2D eigenvalue weighted by atomic mass is 10.2. The van der Waals surface area contributed by atoms with E-state index in [0.29, 0.717) is 16.3 Å². The second-order valence-corrected chi connectivity index (χ2v) is 3.42. The molecule has 0 amide bonds. The molecule has 0 aliphatic carbocycles. The molecule has 3 nitrogen and oxygen atoms in total. The highest BCUT2D eigenvalue weighted by Gasteiger charge is 2.04. The van der Waals surface area contributed by atoms with Crippen LogP contribution in [-0.2, 0) is 0 Å². The topological polar surface area (TPSA) is 55.5 Å². The maximum absolute atomic E-state index is 8.54. The van der Waals surface area contributed by atoms with Crippen LogP contribution in [-0.4, -0.2) is 23.3 Å². The van der Waals surface area contributed by atoms with Crippen LogP contribution in [0.2, 0.25) is 5.02 Å². The summed E-state index contributed by atoms with van der Waals surface area (Å²) >= 11 is 10.7. The first-order chi connectivity index (χ1) is 6.65. The van der Waals surface area contributed by atoms with Crippen LogP contribution in [0.25, 0.3) is 0 Å². The highest BCUT2D eigenvalue weighted by molar-refractivity contribution is 7.80. The van der Waals surface area contributed by atoms with Crippen molar-refractivity contribution in [3.63, 3.8) is 0 Å². The Bertz CT molecular complexity index is 344. The van der Waals surface area contributed by atoms with E-state index in [4.69, 9.17) is 39.4 Å². The predicted octanol–water partition coefficient (Wildman–Crippen LogP) is 1.35. The Kier molecular flexibility index (Phi) is 4.13. The van der Waals surface area contributed by atoms with Gasteiger partial charge in [0.25, 0.3) is 0 Å². The molecule has 3 N–H and O–H groups in total. The predicted molar refractivity (Wildman–Crippen MR) is 59.9 cm³/mol. The number of hydrogen-bond donors (Lipinski definition) is 2. The molecule has 0 atom stereocenters. The third-order valence-corrected chi connectivity index (χ3v) is 2.10. The Morgan fingerprint density at radius 2 is 2.29 bits per heavy atom. The minimum atomic E-state index is -0.0331. The quantitative estimate of drug-likeness (QED) is 0.768. The van der Waals surface area contributed by atoms with Crippen molar-refractivity contribution < 1.29 is 9.84 Å². The van der Waals surface area contributed by atoms with Crippen LogP contribution in [0.4, 0.5) is 0 Å². The van der Waals surface area contributed by atoms with Crippen molar-refractivity contribution in [2.24, 2.45) is 5.73 Å². The van der Waals surface area contributed by atoms with Gasteiger partial charge in [-0.2, -0.15) is 0 Å². The molecule has 5 heteroatoms. The van der Waals surface area contributed by atoms with E-state index >= 15 is 0 Å². The number of aliphatic hydroxyl groups is 1. The molecule has 1 aromatic carbocycles. The average Bonchev–Trinajstić information content (AvgIpc) is 2.14. The minimum Gasteiger partial charge on any atom is -0.491 e. The lowest BCUT2D eigenvalue weighted by Gasteiger charge is -2.06. The van der Waals surface area contributed by atoms with Crippen LogP contribution in [0.15, 0.2) is 18.2 Å². The average molecular weight is 232 g/mol. The lowest BCUT2D eigenvalue weighted by Crippen LogP contribution is -2.10. The zero-order valence-electron chi connectivity index (χ0n) is 7.37. The first kappa shape index (κ1) is 11.2. The zero-order chi connectivity index (χ0) is 10.6. The summed E-state index contributed by atoms with van der Waals surface area (Å²) in [5.74, 6) is 0.587. The summed E-state index contributed by atoms with van der Waals surface area (Å²) < 4.78 is 5.15. The van der Waals surface area contributed by atoms with Crippen molar-refractivity contribution >= 4 is 28.8 Å². The number of aliphatic hydroxyl groups excluding tert-OH is 1. The lowest BCUT2D eigenvalue weighted by molar-refractivity contribution is 0.201. The Balaban J connectivity index is 2.83. The highest BCUT2D eigenvalue weighted by Crippen LogP contribution is 2.22. The summed E-state index contributed by atoms with van der Waals surface area (Å²) in [7, 11) is 0. The molecule has 0 aliphatic rings. The standard InChI is InChI=1S/C9H10ClNO2S/c10-8-5-6(13-4-3-12)1-2-7(8)9(11)14/h1-2,5,12H,3-4H2,(H2,11,14). The number of hydrogen-bond acceptors (Lipinski definition) is 3. The smallest absolute Gasteiger partial charge is 0.120 e. The van der Waals surface area contributed by atoms with Crippen molar-refractivity contribution in [3.8, 4) is 5.75 Å². The van der Waals surface area contributed by atoms with E-state index in [1.165, 1.54) is 0 Å². The van der Waals surface area contributed by atoms with Gasteiger partial charge in [0, 0.05) is 5.56 Å². The molecule has 0 fully saturated rings. The van der Waals surface area contributed by atoms with E-state index in [9.17, 15) is 0 Å². The van der Waals surface area contributed by atoms with Gasteiger partial charge < -0.3 is 15.6 Å². The number of thiocarbonyl (C=S) groups is 1. The Morgan fingerprint density at radius 3 is 2.79 bits per heavy atom. The summed E-state index contributed by atoms with van der Waals surface area (Å²) in [6.45, 7) is 0.206. The minimum absolute atomic E-state index is 0.0331. The fourth-order valence-corrected chi connectivity index (χ4v) is 1.46. The van der Waals surface area contributed by atoms with Gasteiger partial charge in [-0.05, 0) is 18.2 Å². The summed E-state index contributed by atoms with van der Waals surface area (Å²) in [5, 5.41) is 8.99. The molecular formula is C9H10ClNO2S. The number of nitrogens with two attached hydrogens (primary N) is 1. The van der Waals surface area contributed by atoms with Crippen molar-refractivity contribution in [3.05, 3.63) is 28.8 Å². The molecule has 76 valence electrons. The van der Waals surface area contributed by atoms with Gasteiger partial charge >= 0.3 is 0 Å². The molecule has 1 aromatic rings. The first-order valence-corrected chi connectivity index (χ1v) is 4.77. The Hall–Kier alpha value is -0.840. The van der Waals surface area contributed by atoms with Gasteiger partial charge in [-0.3, -0.25) is 0 Å². The molecule has 0 bridgehead atoms. The molecule has 14 heavy (non-hydrogen) atoms. The number of rotatable bonds is 4. The van der Waals surface area contributed by atoms with E-state index in [0.717, 1.165) is 0 Å². The SMILES string of the molecule is NC(=S)c1ccc(OCCO)cc1Cl. The van der Waals surface area contributed by atoms with Crippen LogP contribution in [0, 0.1) is 0 Å². The van der Waals surface area contributed by atoms with Crippen LogP contribution in [0.3, 0.4) is 0 Å². The van der Waals surface area contributed by atoms with Gasteiger partial charge in [0.15, 0.2) is 0 Å². The molecular weight excluding hydrogens is 222 g/mol. The van der Waals surface area contributed by atoms with Crippen LogP contribution in [0.1, 0.15) is 5.56 Å². The fourth-order valence-electron chi connectivity index (χ4n) is 0.949. The summed E-state index contributed by atoms with van der Waals surface area (Å²) in [6.07, 6.45) is 0. The van der Waals surface area contributed by atoms with Gasteiger partial charge in [0.05, 0.1) is 11.6 Å². The fraction of sp³-hybridized carbons (Fsp3) is 0.222. The van der Waals surface area contributed by atoms with Crippen molar-refractivity contribution in [1.82, 2.24) is 0 Å². The zero-order valence-corrected chi connectivity index (χ0v) is 8.94. The maximum Gasteiger partial charge on any atom is 0.120 e. The molecule has 0 aliphatic heterocycles. The van der Waals surface area contributed by atoms with Gasteiger partial charge in [-0.25, -0.2) is 0 Å². The second-order valence-electron chi connectivity index (χ2n) is 2.58. The van der Waals surface area contributed by atoms with E-state index in [1.807, 2.05) is 0 Å². The van der Waals surface area contributed by atoms with Crippen molar-refractivity contribution in [2.75, 3.05) is 13.2 Å². The first-order valence-electron chi connectivity index (χ1n) is 3.98.